The lowest BCUT2D eigenvalue weighted by atomic mass is 9.99. The first kappa shape index (κ1) is 22.0. The van der Waals surface area contributed by atoms with Crippen LogP contribution in [0.1, 0.15) is 5.56 Å². The molecular weight excluding hydrogens is 432 g/mol. The summed E-state index contributed by atoms with van der Waals surface area (Å²) in [5.74, 6) is 0. The Morgan fingerprint density at radius 1 is 0.571 bits per heavy atom. The maximum atomic E-state index is 11.3. The molecule has 0 saturated heterocycles. The van der Waals surface area contributed by atoms with Gasteiger partial charge in [-0.2, -0.15) is 4.57 Å². The van der Waals surface area contributed by atoms with Gasteiger partial charge in [0, 0.05) is 41.5 Å². The van der Waals surface area contributed by atoms with Gasteiger partial charge in [-0.25, -0.2) is 0 Å². The van der Waals surface area contributed by atoms with Crippen LogP contribution in [0.5, 0.6) is 0 Å². The molecule has 168 valence electrons. The number of hydrogen-bond acceptors (Lipinski definition) is 2. The van der Waals surface area contributed by atoms with Gasteiger partial charge in [0.2, 0.25) is 11.4 Å². The molecule has 0 spiro atoms. The van der Waals surface area contributed by atoms with Crippen LogP contribution in [-0.4, -0.2) is 4.92 Å². The summed E-state index contributed by atoms with van der Waals surface area (Å²) < 4.78 is 2.15. The Morgan fingerprint density at radius 2 is 1.09 bits per heavy atom. The zero-order valence-electron chi connectivity index (χ0n) is 19.0. The average Bonchev–Trinajstić information content (AvgIpc) is 2.93. The summed E-state index contributed by atoms with van der Waals surface area (Å²) in [6, 6.07) is 41.9. The fraction of sp³-hybridized carbons (Fsp3) is 0. The molecule has 0 radical (unpaired) electrons. The topological polar surface area (TPSA) is 47.0 Å². The van der Waals surface area contributed by atoms with E-state index in [-0.39, 0.29) is 10.6 Å². The monoisotopic (exact) mass is 455 g/mol. The number of pyridine rings is 1. The first-order valence-electron chi connectivity index (χ1n) is 11.4. The van der Waals surface area contributed by atoms with E-state index in [2.05, 4.69) is 53.1 Å². The molecule has 0 unspecified atom stereocenters. The third-order valence-electron chi connectivity index (χ3n) is 5.85. The minimum Gasteiger partial charge on any atom is -0.258 e. The Bertz CT molecular complexity index is 1440. The van der Waals surface area contributed by atoms with E-state index in [9.17, 15) is 10.1 Å². The molecule has 0 aliphatic carbocycles. The summed E-state index contributed by atoms with van der Waals surface area (Å²) in [4.78, 5) is 10.9. The van der Waals surface area contributed by atoms with Crippen molar-refractivity contribution in [2.24, 2.45) is 0 Å². The van der Waals surface area contributed by atoms with Gasteiger partial charge in [0.1, 0.15) is 0 Å². The van der Waals surface area contributed by atoms with Gasteiger partial charge in [-0.05, 0) is 41.0 Å². The number of non-ortho nitro benzene ring substituents is 1. The number of rotatable bonds is 6. The molecule has 0 saturated carbocycles. The molecule has 4 heteroatoms. The van der Waals surface area contributed by atoms with Gasteiger partial charge in [-0.15, -0.1) is 0 Å². The third-order valence-corrected chi connectivity index (χ3v) is 5.85. The number of nitrogens with zero attached hydrogens (tertiary/aromatic N) is 2. The van der Waals surface area contributed by atoms with Gasteiger partial charge in [0.05, 0.1) is 4.92 Å². The Morgan fingerprint density at radius 3 is 1.60 bits per heavy atom. The van der Waals surface area contributed by atoms with E-state index in [1.54, 1.807) is 12.1 Å². The zero-order valence-corrected chi connectivity index (χ0v) is 19.0. The van der Waals surface area contributed by atoms with Gasteiger partial charge < -0.3 is 0 Å². The highest BCUT2D eigenvalue weighted by molar-refractivity contribution is 5.75. The lowest BCUT2D eigenvalue weighted by Crippen LogP contribution is -2.32. The molecule has 1 heterocycles. The predicted molar refractivity (Wildman–Crippen MR) is 141 cm³/mol. The molecule has 0 fully saturated rings. The van der Waals surface area contributed by atoms with Crippen LogP contribution in [0.2, 0.25) is 0 Å². The minimum absolute atomic E-state index is 0.0724. The molecule has 0 N–H and O–H groups in total. The average molecular weight is 456 g/mol. The Kier molecular flexibility index (Phi) is 6.27. The van der Waals surface area contributed by atoms with Crippen molar-refractivity contribution < 1.29 is 9.49 Å². The van der Waals surface area contributed by atoms with Crippen LogP contribution >= 0.6 is 0 Å². The molecular formula is C31H23N2O2+. The molecule has 4 nitrogen and oxygen atoms in total. The number of aromatic nitrogens is 1. The second-order valence-corrected chi connectivity index (χ2v) is 8.15. The van der Waals surface area contributed by atoms with Crippen molar-refractivity contribution in [1.82, 2.24) is 0 Å². The van der Waals surface area contributed by atoms with Crippen LogP contribution in [-0.2, 0) is 0 Å². The van der Waals surface area contributed by atoms with Crippen LogP contribution in [0.25, 0.3) is 45.9 Å². The number of nitro groups is 1. The standard InChI is InChI=1S/C31H23N2O2/c34-33(35)29-18-10-11-24(21-29)19-20-32-30(26-14-6-2-7-15-26)22-28(25-12-4-1-5-13-25)23-31(32)27-16-8-3-9-17-27/h1-23H/q+1/b20-19+. The van der Waals surface area contributed by atoms with Crippen molar-refractivity contribution in [3.63, 3.8) is 0 Å². The van der Waals surface area contributed by atoms with Crippen LogP contribution in [0, 0.1) is 10.1 Å². The van der Waals surface area contributed by atoms with E-state index in [0.29, 0.717) is 0 Å². The van der Waals surface area contributed by atoms with Crippen molar-refractivity contribution in [2.75, 3.05) is 0 Å². The molecule has 0 atom stereocenters. The quantitative estimate of drug-likeness (QED) is 0.151. The highest BCUT2D eigenvalue weighted by Crippen LogP contribution is 2.29. The second-order valence-electron chi connectivity index (χ2n) is 8.15. The van der Waals surface area contributed by atoms with Crippen molar-refractivity contribution >= 4 is 18.0 Å². The summed E-state index contributed by atoms with van der Waals surface area (Å²) in [7, 11) is 0. The van der Waals surface area contributed by atoms with Gasteiger partial charge in [0.15, 0.2) is 6.20 Å². The van der Waals surface area contributed by atoms with Crippen LogP contribution in [0.3, 0.4) is 0 Å². The molecule has 5 aromatic rings. The lowest BCUT2D eigenvalue weighted by Gasteiger charge is -2.10. The maximum Gasteiger partial charge on any atom is 0.270 e. The summed E-state index contributed by atoms with van der Waals surface area (Å²) in [6.45, 7) is 0. The summed E-state index contributed by atoms with van der Waals surface area (Å²) in [6.07, 6.45) is 3.90. The Labute approximate surface area is 204 Å². The first-order chi connectivity index (χ1) is 17.2. The SMILES string of the molecule is O=[N+]([O-])c1cccc(/C=C/[n+]2c(-c3ccccc3)cc(-c3ccccc3)cc2-c2ccccc2)c1. The highest BCUT2D eigenvalue weighted by atomic mass is 16.6. The van der Waals surface area contributed by atoms with E-state index in [4.69, 9.17) is 0 Å². The van der Waals surface area contributed by atoms with E-state index in [1.807, 2.05) is 72.9 Å². The third kappa shape index (κ3) is 4.92. The molecule has 5 rings (SSSR count). The molecule has 35 heavy (non-hydrogen) atoms. The van der Waals surface area contributed by atoms with Gasteiger partial charge in [-0.1, -0.05) is 78.9 Å². The van der Waals surface area contributed by atoms with E-state index in [0.717, 1.165) is 39.2 Å². The normalized spacial score (nSPS) is 11.0. The second kappa shape index (κ2) is 9.98. The zero-order chi connectivity index (χ0) is 24.0. The van der Waals surface area contributed by atoms with E-state index < -0.39 is 0 Å². The van der Waals surface area contributed by atoms with Crippen molar-refractivity contribution in [3.8, 4) is 33.6 Å². The summed E-state index contributed by atoms with van der Waals surface area (Å²) in [5, 5.41) is 11.3. The number of hydrogen-bond donors (Lipinski definition) is 0. The first-order valence-corrected chi connectivity index (χ1v) is 11.4. The van der Waals surface area contributed by atoms with E-state index >= 15 is 0 Å². The highest BCUT2D eigenvalue weighted by Gasteiger charge is 2.21. The van der Waals surface area contributed by atoms with Gasteiger partial charge in [0.25, 0.3) is 5.69 Å². The molecule has 1 aromatic heterocycles. The molecule has 0 bridgehead atoms. The molecule has 4 aromatic carbocycles. The van der Waals surface area contributed by atoms with Crippen LogP contribution < -0.4 is 4.57 Å². The molecule has 0 aliphatic heterocycles. The van der Waals surface area contributed by atoms with Crippen LogP contribution in [0.15, 0.2) is 127 Å². The largest absolute Gasteiger partial charge is 0.270 e. The summed E-state index contributed by atoms with van der Waals surface area (Å²) in [5.41, 5.74) is 7.28. The van der Waals surface area contributed by atoms with Crippen molar-refractivity contribution in [3.05, 3.63) is 143 Å². The molecule has 0 amide bonds. The molecule has 0 aliphatic rings. The fourth-order valence-electron chi connectivity index (χ4n) is 4.13. The van der Waals surface area contributed by atoms with Crippen LogP contribution in [0.4, 0.5) is 5.69 Å². The van der Waals surface area contributed by atoms with E-state index in [1.165, 1.54) is 6.07 Å². The lowest BCUT2D eigenvalue weighted by molar-refractivity contribution is -0.543. The Hall–Kier alpha value is -4.83. The number of nitro benzene ring substituents is 1. The minimum atomic E-state index is -0.371. The fourth-order valence-corrected chi connectivity index (χ4v) is 4.13. The van der Waals surface area contributed by atoms with Crippen molar-refractivity contribution in [2.45, 2.75) is 0 Å². The van der Waals surface area contributed by atoms with Gasteiger partial charge in [-0.3, -0.25) is 10.1 Å². The maximum absolute atomic E-state index is 11.3. The number of benzene rings is 4. The Balaban J connectivity index is 1.75. The van der Waals surface area contributed by atoms with Crippen molar-refractivity contribution in [1.29, 1.82) is 0 Å². The predicted octanol–water partition coefficient (Wildman–Crippen LogP) is 7.51. The summed E-state index contributed by atoms with van der Waals surface area (Å²) >= 11 is 0. The smallest absolute Gasteiger partial charge is 0.258 e. The van der Waals surface area contributed by atoms with Gasteiger partial charge >= 0.3 is 0 Å².